The zero-order valence-corrected chi connectivity index (χ0v) is 24.7. The van der Waals surface area contributed by atoms with Gasteiger partial charge in [-0.05, 0) is 74.9 Å². The Hall–Kier alpha value is -0.446. The van der Waals surface area contributed by atoms with Crippen LogP contribution in [0, 0.1) is 5.92 Å². The summed E-state index contributed by atoms with van der Waals surface area (Å²) in [6.07, 6.45) is 1.90. The van der Waals surface area contributed by atoms with Crippen molar-refractivity contribution in [3.05, 3.63) is 34.9 Å². The van der Waals surface area contributed by atoms with Gasteiger partial charge in [0.2, 0.25) is 0 Å². The molecule has 1 radical (unpaired) electrons. The smallest absolute Gasteiger partial charge is 0.389 e. The van der Waals surface area contributed by atoms with E-state index in [0.717, 1.165) is 53.7 Å². The maximum Gasteiger partial charge on any atom is 0.389 e. The fraction of sp³-hybridized carbons (Fsp3) is 0.654. The first kappa shape index (κ1) is 29.8. The van der Waals surface area contributed by atoms with E-state index >= 15 is 0 Å². The molecular weight excluding hydrogens is 537 g/mol. The summed E-state index contributed by atoms with van der Waals surface area (Å²) in [4.78, 5) is 11.5. The number of halogens is 3. The molecule has 1 aliphatic heterocycles. The molecule has 34 heavy (non-hydrogen) atoms. The molecule has 2 aliphatic rings. The number of allylic oxidation sites excluding steroid dienone is 2. The van der Waals surface area contributed by atoms with Crippen molar-refractivity contribution in [2.45, 2.75) is 95.8 Å². The van der Waals surface area contributed by atoms with Gasteiger partial charge in [-0.3, -0.25) is 4.79 Å². The molecule has 0 saturated heterocycles. The summed E-state index contributed by atoms with van der Waals surface area (Å²) in [5, 5.41) is 0. The van der Waals surface area contributed by atoms with Crippen LogP contribution in [0.25, 0.3) is 0 Å². The topological polar surface area (TPSA) is 35.5 Å². The molecule has 8 heteroatoms. The molecule has 3 nitrogen and oxygen atoms in total. The van der Waals surface area contributed by atoms with E-state index in [1.54, 1.807) is 0 Å². The van der Waals surface area contributed by atoms with Crippen molar-refractivity contribution in [2.75, 3.05) is 6.66 Å². The minimum atomic E-state index is -4.08. The Kier molecular flexibility index (Phi) is 10.3. The van der Waals surface area contributed by atoms with Gasteiger partial charge in [0.05, 0.1) is 8.81 Å². The number of rotatable bonds is 9. The zero-order valence-electron chi connectivity index (χ0n) is 20.8. The first-order valence-corrected chi connectivity index (χ1v) is 13.2. The maximum absolute atomic E-state index is 12.4. The van der Waals surface area contributed by atoms with Gasteiger partial charge in [0.25, 0.3) is 0 Å². The standard InChI is InChI=1S/C26H36F3O3P.Y/c1-24(2,11-7-6-8-12-26(27,28)29)18-14-21-23(22(15-18)32-33-5)19-13-17(16-30)9-10-20(19)25(3,4)31-21;/h9,14-16,19-20,33H,6-8,10-13H2,1-5H3;. The first-order valence-electron chi connectivity index (χ1n) is 11.8. The second-order valence-corrected chi connectivity index (χ2v) is 11.1. The normalized spacial score (nSPS) is 21.7. The Morgan fingerprint density at radius 2 is 1.85 bits per heavy atom. The number of hydrogen-bond acceptors (Lipinski definition) is 3. The van der Waals surface area contributed by atoms with Crippen LogP contribution in [0.15, 0.2) is 23.8 Å². The molecule has 0 aromatic heterocycles. The van der Waals surface area contributed by atoms with Crippen LogP contribution in [0.2, 0.25) is 0 Å². The van der Waals surface area contributed by atoms with Crippen LogP contribution < -0.4 is 9.26 Å². The molecule has 0 fully saturated rings. The van der Waals surface area contributed by atoms with E-state index < -0.39 is 12.6 Å². The molecule has 0 spiro atoms. The van der Waals surface area contributed by atoms with Crippen molar-refractivity contribution in [3.63, 3.8) is 0 Å². The average Bonchev–Trinajstić information content (AvgIpc) is 2.71. The number of unbranched alkanes of at least 4 members (excludes halogenated alkanes) is 2. The third kappa shape index (κ3) is 7.07. The van der Waals surface area contributed by atoms with Gasteiger partial charge in [-0.1, -0.05) is 32.8 Å². The number of hydrogen-bond donors (Lipinski definition) is 0. The van der Waals surface area contributed by atoms with Gasteiger partial charge in [-0.15, -0.1) is 0 Å². The largest absolute Gasteiger partial charge is 0.487 e. The van der Waals surface area contributed by atoms with Crippen LogP contribution in [0.5, 0.6) is 11.5 Å². The predicted octanol–water partition coefficient (Wildman–Crippen LogP) is 7.87. The molecule has 0 saturated carbocycles. The number of ether oxygens (including phenoxy) is 1. The molecule has 1 aromatic rings. The van der Waals surface area contributed by atoms with Gasteiger partial charge in [0.1, 0.15) is 23.4 Å². The van der Waals surface area contributed by atoms with E-state index in [2.05, 4.69) is 39.8 Å². The van der Waals surface area contributed by atoms with Crippen molar-refractivity contribution in [1.29, 1.82) is 0 Å². The number of carbonyl (C=O) groups excluding carboxylic acids is 1. The Morgan fingerprint density at radius 3 is 2.47 bits per heavy atom. The summed E-state index contributed by atoms with van der Waals surface area (Å²) < 4.78 is 50.0. The van der Waals surface area contributed by atoms with Gasteiger partial charge in [0, 0.05) is 56.5 Å². The van der Waals surface area contributed by atoms with Crippen molar-refractivity contribution >= 4 is 15.1 Å². The van der Waals surface area contributed by atoms with Crippen LogP contribution >= 0.6 is 8.81 Å². The van der Waals surface area contributed by atoms with Crippen LogP contribution in [-0.2, 0) is 42.9 Å². The minimum absolute atomic E-state index is 0. The Balaban J connectivity index is 0.00000408. The fourth-order valence-electron chi connectivity index (χ4n) is 5.30. The Morgan fingerprint density at radius 1 is 1.18 bits per heavy atom. The monoisotopic (exact) mass is 573 g/mol. The van der Waals surface area contributed by atoms with Crippen molar-refractivity contribution in [3.8, 4) is 11.5 Å². The maximum atomic E-state index is 12.4. The molecule has 0 bridgehead atoms. The molecule has 0 amide bonds. The van der Waals surface area contributed by atoms with E-state index in [9.17, 15) is 18.0 Å². The molecule has 3 unspecified atom stereocenters. The Bertz CT molecular complexity index is 896. The fourth-order valence-corrected chi connectivity index (χ4v) is 5.69. The summed E-state index contributed by atoms with van der Waals surface area (Å²) in [7, 11) is 0.267. The second kappa shape index (κ2) is 11.7. The van der Waals surface area contributed by atoms with Gasteiger partial charge >= 0.3 is 6.18 Å². The van der Waals surface area contributed by atoms with Crippen molar-refractivity contribution in [1.82, 2.24) is 0 Å². The van der Waals surface area contributed by atoms with E-state index in [-0.39, 0.29) is 70.8 Å². The van der Waals surface area contributed by atoms with Crippen molar-refractivity contribution < 1.29 is 59.9 Å². The van der Waals surface area contributed by atoms with E-state index in [1.807, 2.05) is 12.7 Å². The van der Waals surface area contributed by atoms with Crippen LogP contribution in [-0.4, -0.2) is 24.7 Å². The van der Waals surface area contributed by atoms with Crippen LogP contribution in [0.1, 0.15) is 89.7 Å². The molecule has 3 rings (SSSR count). The number of fused-ring (bicyclic) bond motifs is 3. The summed E-state index contributed by atoms with van der Waals surface area (Å²) in [5.74, 6) is 2.03. The van der Waals surface area contributed by atoms with Crippen LogP contribution in [0.3, 0.4) is 0 Å². The van der Waals surface area contributed by atoms with Gasteiger partial charge in [-0.25, -0.2) is 0 Å². The Labute approximate surface area is 228 Å². The SMILES string of the molecule is CPOc1cc(C(C)(C)CCCCCC(F)(F)F)cc2c1C1CC(C=O)=CCC1C(C)(C)O2.[Y]. The number of benzene rings is 1. The van der Waals surface area contributed by atoms with Crippen LogP contribution in [0.4, 0.5) is 13.2 Å². The van der Waals surface area contributed by atoms with Gasteiger partial charge in [0.15, 0.2) is 0 Å². The molecule has 187 valence electrons. The molecule has 3 atom stereocenters. The average molecular weight is 573 g/mol. The number of alkyl halides is 3. The zero-order chi connectivity index (χ0) is 24.4. The number of carbonyl (C=O) groups is 1. The quantitative estimate of drug-likeness (QED) is 0.171. The summed E-state index contributed by atoms with van der Waals surface area (Å²) in [6.45, 7) is 10.4. The summed E-state index contributed by atoms with van der Waals surface area (Å²) in [5.41, 5.74) is 2.34. The third-order valence-electron chi connectivity index (χ3n) is 7.22. The van der Waals surface area contributed by atoms with E-state index in [4.69, 9.17) is 9.26 Å². The second-order valence-electron chi connectivity index (χ2n) is 10.5. The summed E-state index contributed by atoms with van der Waals surface area (Å²) in [6, 6.07) is 4.18. The summed E-state index contributed by atoms with van der Waals surface area (Å²) >= 11 is 0. The van der Waals surface area contributed by atoms with Gasteiger partial charge in [-0.2, -0.15) is 13.2 Å². The first-order chi connectivity index (χ1) is 15.4. The molecule has 1 aromatic carbocycles. The van der Waals surface area contributed by atoms with Gasteiger partial charge < -0.3 is 9.26 Å². The number of aldehydes is 1. The van der Waals surface area contributed by atoms with E-state index in [0.29, 0.717) is 12.8 Å². The molecule has 1 heterocycles. The van der Waals surface area contributed by atoms with E-state index in [1.165, 1.54) is 0 Å². The van der Waals surface area contributed by atoms with Crippen molar-refractivity contribution in [2.24, 2.45) is 5.92 Å². The third-order valence-corrected chi connectivity index (χ3v) is 7.65. The molecule has 0 N–H and O–H groups in total. The minimum Gasteiger partial charge on any atom is -0.487 e. The predicted molar refractivity (Wildman–Crippen MR) is 128 cm³/mol. The molecular formula is C26H36F3O3PY. The molecule has 1 aliphatic carbocycles.